The number of ether oxygens (including phenoxy) is 1. The number of hydrogen-bond acceptors (Lipinski definition) is 4. The fourth-order valence-electron chi connectivity index (χ4n) is 1.53. The van der Waals surface area contributed by atoms with E-state index in [4.69, 9.17) is 10.5 Å². The van der Waals surface area contributed by atoms with Gasteiger partial charge in [-0.15, -0.1) is 0 Å². The van der Waals surface area contributed by atoms with Crippen molar-refractivity contribution in [2.24, 2.45) is 0 Å². The lowest BCUT2D eigenvalue weighted by Gasteiger charge is -2.10. The summed E-state index contributed by atoms with van der Waals surface area (Å²) in [6.07, 6.45) is 0. The zero-order chi connectivity index (χ0) is 14.5. The summed E-state index contributed by atoms with van der Waals surface area (Å²) in [4.78, 5) is 11.7. The number of para-hydroxylation sites is 1. The number of amides is 1. The van der Waals surface area contributed by atoms with Crippen molar-refractivity contribution in [3.63, 3.8) is 0 Å². The summed E-state index contributed by atoms with van der Waals surface area (Å²) in [5.74, 6) is -0.109. The molecule has 0 heterocycles. The number of nitrogens with two attached hydrogens (primary N) is 1. The van der Waals surface area contributed by atoms with Crippen LogP contribution in [0.2, 0.25) is 0 Å². The lowest BCUT2D eigenvalue weighted by atomic mass is 10.3. The molecule has 0 radical (unpaired) electrons. The molecule has 0 aliphatic rings. The number of nitrogens with one attached hydrogen (secondary N) is 1. The number of carbonyl (C=O) groups is 1. The van der Waals surface area contributed by atoms with E-state index < -0.39 is 0 Å². The minimum Gasteiger partial charge on any atom is -0.506 e. The van der Waals surface area contributed by atoms with Crippen molar-refractivity contribution in [1.82, 2.24) is 0 Å². The van der Waals surface area contributed by atoms with E-state index in [0.29, 0.717) is 5.69 Å². The van der Waals surface area contributed by atoms with Crippen molar-refractivity contribution < 1.29 is 14.6 Å². The SMILES string of the molecule is Nc1c(O)cccc1OCC(=O)Nc1ccc(Br)cc1. The molecule has 0 saturated heterocycles. The first-order valence-electron chi connectivity index (χ1n) is 5.82. The third-order valence-electron chi connectivity index (χ3n) is 2.53. The van der Waals surface area contributed by atoms with Gasteiger partial charge in [0.1, 0.15) is 17.2 Å². The smallest absolute Gasteiger partial charge is 0.262 e. The third-order valence-corrected chi connectivity index (χ3v) is 3.06. The standard InChI is InChI=1S/C14H13BrN2O3/c15-9-4-6-10(7-5-9)17-13(19)8-20-12-3-1-2-11(18)14(12)16/h1-7,18H,8,16H2,(H,17,19). The van der Waals surface area contributed by atoms with Crippen LogP contribution >= 0.6 is 15.9 Å². The van der Waals surface area contributed by atoms with Crippen LogP contribution < -0.4 is 15.8 Å². The van der Waals surface area contributed by atoms with E-state index in [9.17, 15) is 9.90 Å². The minimum atomic E-state index is -0.310. The summed E-state index contributed by atoms with van der Waals surface area (Å²) in [6, 6.07) is 11.8. The molecule has 2 rings (SSSR count). The van der Waals surface area contributed by atoms with Gasteiger partial charge in [-0.3, -0.25) is 4.79 Å². The van der Waals surface area contributed by atoms with Crippen LogP contribution in [0.1, 0.15) is 0 Å². The van der Waals surface area contributed by atoms with Gasteiger partial charge in [-0.25, -0.2) is 0 Å². The Morgan fingerprint density at radius 1 is 1.25 bits per heavy atom. The van der Waals surface area contributed by atoms with Crippen LogP contribution in [0.5, 0.6) is 11.5 Å². The van der Waals surface area contributed by atoms with Crippen LogP contribution in [0.4, 0.5) is 11.4 Å². The number of hydrogen-bond donors (Lipinski definition) is 3. The van der Waals surface area contributed by atoms with E-state index in [1.165, 1.54) is 6.07 Å². The lowest BCUT2D eigenvalue weighted by Crippen LogP contribution is -2.20. The summed E-state index contributed by atoms with van der Waals surface area (Å²) in [7, 11) is 0. The Kier molecular flexibility index (Phi) is 4.47. The molecule has 0 aromatic heterocycles. The molecule has 5 nitrogen and oxygen atoms in total. The molecule has 4 N–H and O–H groups in total. The topological polar surface area (TPSA) is 84.6 Å². The molecule has 20 heavy (non-hydrogen) atoms. The molecule has 0 atom stereocenters. The molecule has 104 valence electrons. The van der Waals surface area contributed by atoms with Crippen LogP contribution in [-0.4, -0.2) is 17.6 Å². The fourth-order valence-corrected chi connectivity index (χ4v) is 1.80. The highest BCUT2D eigenvalue weighted by Gasteiger charge is 2.08. The Bertz CT molecular complexity index is 614. The molecule has 0 fully saturated rings. The Balaban J connectivity index is 1.92. The first kappa shape index (κ1) is 14.2. The molecule has 6 heteroatoms. The predicted molar refractivity (Wildman–Crippen MR) is 80.8 cm³/mol. The maximum absolute atomic E-state index is 11.7. The molecular weight excluding hydrogens is 324 g/mol. The Morgan fingerprint density at radius 2 is 1.95 bits per heavy atom. The highest BCUT2D eigenvalue weighted by atomic mass is 79.9. The Morgan fingerprint density at radius 3 is 2.65 bits per heavy atom. The Hall–Kier alpha value is -2.21. The summed E-state index contributed by atoms with van der Waals surface area (Å²) in [6.45, 7) is -0.191. The van der Waals surface area contributed by atoms with Gasteiger partial charge in [0.2, 0.25) is 0 Å². The zero-order valence-corrected chi connectivity index (χ0v) is 12.1. The number of benzene rings is 2. The number of phenols is 1. The first-order chi connectivity index (χ1) is 9.56. The zero-order valence-electron chi connectivity index (χ0n) is 10.5. The van der Waals surface area contributed by atoms with E-state index in [2.05, 4.69) is 21.2 Å². The van der Waals surface area contributed by atoms with Crippen LogP contribution in [0.3, 0.4) is 0 Å². The summed E-state index contributed by atoms with van der Waals surface area (Å²) >= 11 is 3.31. The fraction of sp³-hybridized carbons (Fsp3) is 0.0714. The molecule has 0 aliphatic heterocycles. The molecule has 0 bridgehead atoms. The van der Waals surface area contributed by atoms with Gasteiger partial charge in [-0.1, -0.05) is 22.0 Å². The van der Waals surface area contributed by atoms with Crippen LogP contribution in [0.15, 0.2) is 46.9 Å². The van der Waals surface area contributed by atoms with Gasteiger partial charge in [0.25, 0.3) is 5.91 Å². The van der Waals surface area contributed by atoms with Gasteiger partial charge in [0.15, 0.2) is 6.61 Å². The molecule has 0 saturated carbocycles. The molecule has 0 spiro atoms. The average Bonchev–Trinajstić information content (AvgIpc) is 2.43. The van der Waals surface area contributed by atoms with Gasteiger partial charge >= 0.3 is 0 Å². The molecular formula is C14H13BrN2O3. The van der Waals surface area contributed by atoms with E-state index in [1.54, 1.807) is 24.3 Å². The highest BCUT2D eigenvalue weighted by Crippen LogP contribution is 2.29. The lowest BCUT2D eigenvalue weighted by molar-refractivity contribution is -0.118. The number of anilines is 2. The molecule has 1 amide bonds. The van der Waals surface area contributed by atoms with Crippen molar-refractivity contribution in [3.8, 4) is 11.5 Å². The van der Waals surface area contributed by atoms with E-state index in [-0.39, 0.29) is 29.7 Å². The highest BCUT2D eigenvalue weighted by molar-refractivity contribution is 9.10. The van der Waals surface area contributed by atoms with Crippen molar-refractivity contribution in [2.75, 3.05) is 17.7 Å². The van der Waals surface area contributed by atoms with Gasteiger partial charge < -0.3 is 20.9 Å². The number of carbonyl (C=O) groups excluding carboxylic acids is 1. The van der Waals surface area contributed by atoms with Gasteiger partial charge in [0.05, 0.1) is 0 Å². The summed E-state index contributed by atoms with van der Waals surface area (Å²) in [5.41, 5.74) is 6.41. The molecule has 2 aromatic carbocycles. The summed E-state index contributed by atoms with van der Waals surface area (Å²) < 4.78 is 6.20. The second kappa shape index (κ2) is 6.29. The van der Waals surface area contributed by atoms with Crippen LogP contribution in [0, 0.1) is 0 Å². The molecule has 0 aliphatic carbocycles. The third kappa shape index (κ3) is 3.64. The van der Waals surface area contributed by atoms with Gasteiger partial charge in [-0.2, -0.15) is 0 Å². The number of phenolic OH excluding ortho intramolecular Hbond substituents is 1. The minimum absolute atomic E-state index is 0.0733. The van der Waals surface area contributed by atoms with E-state index in [0.717, 1.165) is 4.47 Å². The normalized spacial score (nSPS) is 10.1. The summed E-state index contributed by atoms with van der Waals surface area (Å²) in [5, 5.41) is 12.1. The maximum Gasteiger partial charge on any atom is 0.262 e. The number of nitrogen functional groups attached to an aromatic ring is 1. The van der Waals surface area contributed by atoms with Gasteiger partial charge in [0, 0.05) is 10.2 Å². The quantitative estimate of drug-likeness (QED) is 0.592. The van der Waals surface area contributed by atoms with Gasteiger partial charge in [-0.05, 0) is 36.4 Å². The van der Waals surface area contributed by atoms with Crippen molar-refractivity contribution in [3.05, 3.63) is 46.9 Å². The predicted octanol–water partition coefficient (Wildman–Crippen LogP) is 2.75. The number of aromatic hydroxyl groups is 1. The number of halogens is 1. The second-order valence-electron chi connectivity index (χ2n) is 4.03. The monoisotopic (exact) mass is 336 g/mol. The van der Waals surface area contributed by atoms with Crippen LogP contribution in [-0.2, 0) is 4.79 Å². The number of rotatable bonds is 4. The first-order valence-corrected chi connectivity index (χ1v) is 6.61. The average molecular weight is 337 g/mol. The molecule has 0 unspecified atom stereocenters. The molecule has 2 aromatic rings. The largest absolute Gasteiger partial charge is 0.506 e. The van der Waals surface area contributed by atoms with E-state index >= 15 is 0 Å². The van der Waals surface area contributed by atoms with E-state index in [1.807, 2.05) is 12.1 Å². The van der Waals surface area contributed by atoms with Crippen LogP contribution in [0.25, 0.3) is 0 Å². The van der Waals surface area contributed by atoms with Crippen molar-refractivity contribution in [1.29, 1.82) is 0 Å². The Labute approximate surface area is 124 Å². The van der Waals surface area contributed by atoms with Crippen molar-refractivity contribution >= 4 is 33.2 Å². The second-order valence-corrected chi connectivity index (χ2v) is 4.95. The van der Waals surface area contributed by atoms with Crippen molar-refractivity contribution in [2.45, 2.75) is 0 Å². The maximum atomic E-state index is 11.7.